The van der Waals surface area contributed by atoms with E-state index in [9.17, 15) is 4.79 Å². The first-order chi connectivity index (χ1) is 12.8. The van der Waals surface area contributed by atoms with Crippen LogP contribution in [0.1, 0.15) is 52.8 Å². The molecule has 5 heterocycles. The Bertz CT molecular complexity index is 870. The van der Waals surface area contributed by atoms with E-state index in [1.165, 1.54) is 0 Å². The molecule has 2 aromatic rings. The van der Waals surface area contributed by atoms with Crippen molar-refractivity contribution in [3.05, 3.63) is 29.0 Å². The lowest BCUT2D eigenvalue weighted by atomic mass is 9.99. The summed E-state index contributed by atoms with van der Waals surface area (Å²) in [5.41, 5.74) is 1.56. The van der Waals surface area contributed by atoms with Gasteiger partial charge in [0.1, 0.15) is 18.6 Å². The molecular weight excluding hydrogens is 336 g/mol. The number of hydrogen-bond donors (Lipinski definition) is 0. The maximum absolute atomic E-state index is 13.0. The number of carbonyl (C=O) groups excluding carboxylic acids is 1. The van der Waals surface area contributed by atoms with E-state index in [-0.39, 0.29) is 11.9 Å². The van der Waals surface area contributed by atoms with Gasteiger partial charge in [-0.15, -0.1) is 5.10 Å². The van der Waals surface area contributed by atoms with Gasteiger partial charge in [-0.25, -0.2) is 0 Å². The monoisotopic (exact) mass is 356 g/mol. The van der Waals surface area contributed by atoms with Crippen molar-refractivity contribution in [2.45, 2.75) is 44.4 Å². The number of ether oxygens (including phenoxy) is 1. The second-order valence-electron chi connectivity index (χ2n) is 7.86. The third-order valence-electron chi connectivity index (χ3n) is 5.99. The van der Waals surface area contributed by atoms with Crippen LogP contribution >= 0.6 is 0 Å². The zero-order valence-corrected chi connectivity index (χ0v) is 14.4. The lowest BCUT2D eigenvalue weighted by molar-refractivity contribution is 0.0686. The fourth-order valence-electron chi connectivity index (χ4n) is 4.50. The molecule has 2 unspecified atom stereocenters. The van der Waals surface area contributed by atoms with Crippen LogP contribution in [0, 0.1) is 5.92 Å². The van der Waals surface area contributed by atoms with Crippen molar-refractivity contribution in [1.82, 2.24) is 15.1 Å². The number of carbonyl (C=O) groups is 1. The van der Waals surface area contributed by atoms with Gasteiger partial charge in [0, 0.05) is 31.1 Å². The van der Waals surface area contributed by atoms with Gasteiger partial charge in [0.15, 0.2) is 0 Å². The molecule has 0 aromatic carbocycles. The number of likely N-dealkylation sites (tertiary alicyclic amines) is 1. The first kappa shape index (κ1) is 14.8. The summed E-state index contributed by atoms with van der Waals surface area (Å²) >= 11 is 0. The molecular formula is C18H20N4O4. The van der Waals surface area contributed by atoms with Crippen LogP contribution in [0.3, 0.4) is 0 Å². The molecule has 8 nitrogen and oxygen atoms in total. The molecule has 4 aliphatic rings. The minimum absolute atomic E-state index is 0.0428. The van der Waals surface area contributed by atoms with Crippen LogP contribution in [0.4, 0.5) is 6.01 Å². The molecule has 3 fully saturated rings. The minimum atomic E-state index is 0.0428. The van der Waals surface area contributed by atoms with E-state index in [1.54, 1.807) is 6.26 Å². The summed E-state index contributed by atoms with van der Waals surface area (Å²) in [7, 11) is 0. The molecule has 0 N–H and O–H groups in total. The number of rotatable bonds is 3. The minimum Gasteiger partial charge on any atom is -0.466 e. The van der Waals surface area contributed by atoms with E-state index < -0.39 is 0 Å². The summed E-state index contributed by atoms with van der Waals surface area (Å²) in [6.07, 6.45) is 4.95. The zero-order chi connectivity index (χ0) is 17.3. The summed E-state index contributed by atoms with van der Waals surface area (Å²) in [6.45, 7) is 3.23. The number of amides is 1. The van der Waals surface area contributed by atoms with Crippen LogP contribution in [-0.2, 0) is 18.0 Å². The van der Waals surface area contributed by atoms with E-state index >= 15 is 0 Å². The van der Waals surface area contributed by atoms with Crippen molar-refractivity contribution in [2.75, 3.05) is 24.5 Å². The molecule has 2 saturated heterocycles. The average Bonchev–Trinajstić information content (AvgIpc) is 3.02. The largest absolute Gasteiger partial charge is 0.466 e. The third-order valence-corrected chi connectivity index (χ3v) is 5.99. The Kier molecular flexibility index (Phi) is 3.03. The number of fused-ring (bicyclic) bond motifs is 3. The lowest BCUT2D eigenvalue weighted by Crippen LogP contribution is -2.45. The predicted octanol–water partition coefficient (Wildman–Crippen LogP) is 1.92. The quantitative estimate of drug-likeness (QED) is 0.830. The molecule has 2 aromatic heterocycles. The molecule has 0 spiro atoms. The van der Waals surface area contributed by atoms with E-state index in [1.807, 2.05) is 4.90 Å². The summed E-state index contributed by atoms with van der Waals surface area (Å²) in [4.78, 5) is 17.2. The van der Waals surface area contributed by atoms with Crippen molar-refractivity contribution in [1.29, 1.82) is 0 Å². The topological polar surface area (TPSA) is 84.8 Å². The van der Waals surface area contributed by atoms with Crippen LogP contribution in [0.15, 0.2) is 15.1 Å². The van der Waals surface area contributed by atoms with Crippen LogP contribution in [0.25, 0.3) is 0 Å². The molecule has 26 heavy (non-hydrogen) atoms. The number of anilines is 1. The van der Waals surface area contributed by atoms with E-state index in [2.05, 4.69) is 15.1 Å². The van der Waals surface area contributed by atoms with Crippen molar-refractivity contribution < 1.29 is 18.4 Å². The number of nitrogens with zero attached hydrogens (tertiary/aromatic N) is 4. The lowest BCUT2D eigenvalue weighted by Gasteiger charge is -2.32. The Labute approximate surface area is 150 Å². The molecule has 0 radical (unpaired) electrons. The van der Waals surface area contributed by atoms with Gasteiger partial charge in [-0.05, 0) is 25.2 Å². The molecule has 1 saturated carbocycles. The molecule has 8 heteroatoms. The molecule has 2 bridgehead atoms. The van der Waals surface area contributed by atoms with Gasteiger partial charge in [0.2, 0.25) is 5.89 Å². The molecule has 6 rings (SSSR count). The average molecular weight is 356 g/mol. The highest BCUT2D eigenvalue weighted by Crippen LogP contribution is 2.41. The Hall–Kier alpha value is -2.35. The summed E-state index contributed by atoms with van der Waals surface area (Å²) in [5.74, 6) is 2.49. The highest BCUT2D eigenvalue weighted by molar-refractivity contribution is 5.96. The molecule has 136 valence electrons. The van der Waals surface area contributed by atoms with Crippen molar-refractivity contribution in [3.63, 3.8) is 0 Å². The maximum atomic E-state index is 13.0. The van der Waals surface area contributed by atoms with E-state index in [0.717, 1.165) is 49.6 Å². The van der Waals surface area contributed by atoms with Gasteiger partial charge in [-0.2, -0.15) is 0 Å². The highest BCUT2D eigenvalue weighted by atomic mass is 16.5. The Morgan fingerprint density at radius 1 is 1.15 bits per heavy atom. The van der Waals surface area contributed by atoms with Crippen molar-refractivity contribution >= 4 is 11.9 Å². The molecule has 1 aliphatic carbocycles. The number of piperidine rings is 1. The molecule has 2 atom stereocenters. The fourth-order valence-corrected chi connectivity index (χ4v) is 4.50. The van der Waals surface area contributed by atoms with Gasteiger partial charge in [-0.1, -0.05) is 5.10 Å². The number of hydrogen-bond acceptors (Lipinski definition) is 7. The summed E-state index contributed by atoms with van der Waals surface area (Å²) < 4.78 is 16.8. The standard InChI is InChI=1S/C18H20N4O4/c23-17(14-8-25-15-9-24-7-13(14)15)21-4-10-3-12(6-21)22(5-10)18-20-19-16(26-18)11-1-2-11/h8,10-12H,1-7,9H2. The van der Waals surface area contributed by atoms with Crippen molar-refractivity contribution in [2.24, 2.45) is 5.92 Å². The van der Waals surface area contributed by atoms with Gasteiger partial charge in [0.05, 0.1) is 18.2 Å². The SMILES string of the molecule is O=C(c1coc2c1COC2)N1CC2CC(C1)N(c1nnc(C3CC3)o1)C2. The second-order valence-corrected chi connectivity index (χ2v) is 7.86. The van der Waals surface area contributed by atoms with Crippen LogP contribution in [0.5, 0.6) is 0 Å². The van der Waals surface area contributed by atoms with E-state index in [4.69, 9.17) is 13.6 Å². The first-order valence-corrected chi connectivity index (χ1v) is 9.32. The number of furan rings is 1. The normalized spacial score (nSPS) is 27.2. The molecule has 1 amide bonds. The Balaban J connectivity index is 1.22. The Morgan fingerprint density at radius 3 is 2.96 bits per heavy atom. The smallest absolute Gasteiger partial charge is 0.318 e. The Morgan fingerprint density at radius 2 is 2.08 bits per heavy atom. The second kappa shape index (κ2) is 5.33. The summed E-state index contributed by atoms with van der Waals surface area (Å²) in [6, 6.07) is 0.854. The van der Waals surface area contributed by atoms with Crippen LogP contribution < -0.4 is 4.90 Å². The first-order valence-electron chi connectivity index (χ1n) is 9.32. The van der Waals surface area contributed by atoms with Gasteiger partial charge in [-0.3, -0.25) is 4.79 Å². The molecule has 3 aliphatic heterocycles. The van der Waals surface area contributed by atoms with Gasteiger partial charge >= 0.3 is 6.01 Å². The third kappa shape index (κ3) is 2.21. The summed E-state index contributed by atoms with van der Waals surface area (Å²) in [5, 5.41) is 8.47. The van der Waals surface area contributed by atoms with Crippen molar-refractivity contribution in [3.8, 4) is 0 Å². The van der Waals surface area contributed by atoms with E-state index in [0.29, 0.717) is 43.2 Å². The zero-order valence-electron chi connectivity index (χ0n) is 14.4. The fraction of sp³-hybridized carbons (Fsp3) is 0.611. The maximum Gasteiger partial charge on any atom is 0.318 e. The van der Waals surface area contributed by atoms with Crippen LogP contribution in [-0.4, -0.2) is 46.7 Å². The van der Waals surface area contributed by atoms with Gasteiger partial charge in [0.25, 0.3) is 5.91 Å². The van der Waals surface area contributed by atoms with Gasteiger partial charge < -0.3 is 23.4 Å². The number of aromatic nitrogens is 2. The highest BCUT2D eigenvalue weighted by Gasteiger charge is 2.43. The van der Waals surface area contributed by atoms with Crippen LogP contribution in [0.2, 0.25) is 0 Å². The predicted molar refractivity (Wildman–Crippen MR) is 88.6 cm³/mol.